The number of hydrogen-bond acceptors (Lipinski definition) is 5. The molecule has 0 spiro atoms. The Balaban J connectivity index is 1.78. The van der Waals surface area contributed by atoms with Gasteiger partial charge in [-0.05, 0) is 60.6 Å². The minimum absolute atomic E-state index is 0.375. The minimum Gasteiger partial charge on any atom is -0.494 e. The number of rotatable bonds is 11. The molecular weight excluding hydrogens is 386 g/mol. The van der Waals surface area contributed by atoms with Crippen LogP contribution in [0.4, 0.5) is 5.69 Å². The van der Waals surface area contributed by atoms with E-state index in [1.807, 2.05) is 30.3 Å². The summed E-state index contributed by atoms with van der Waals surface area (Å²) in [6.45, 7) is 2.96. The molecule has 0 saturated heterocycles. The Morgan fingerprint density at radius 1 is 1.00 bits per heavy atom. The highest BCUT2D eigenvalue weighted by Crippen LogP contribution is 2.29. The summed E-state index contributed by atoms with van der Waals surface area (Å²) in [4.78, 5) is 0. The first-order valence-electron chi connectivity index (χ1n) is 9.71. The predicted molar refractivity (Wildman–Crippen MR) is 123 cm³/mol. The minimum atomic E-state index is 0.375. The van der Waals surface area contributed by atoms with E-state index in [2.05, 4.69) is 22.8 Å². The molecule has 0 aliphatic heterocycles. The van der Waals surface area contributed by atoms with Gasteiger partial charge in [0.2, 0.25) is 0 Å². The third kappa shape index (κ3) is 7.99. The van der Waals surface area contributed by atoms with E-state index < -0.39 is 0 Å². The fourth-order valence-electron chi connectivity index (χ4n) is 2.61. The molecule has 0 bridgehead atoms. The topological polar surface area (TPSA) is 64.1 Å². The summed E-state index contributed by atoms with van der Waals surface area (Å²) in [6.07, 6.45) is 6.49. The van der Waals surface area contributed by atoms with Gasteiger partial charge in [-0.25, -0.2) is 0 Å². The van der Waals surface area contributed by atoms with Gasteiger partial charge in [0, 0.05) is 11.8 Å². The quantitative estimate of drug-likeness (QED) is 0.233. The molecule has 0 radical (unpaired) electrons. The second kappa shape index (κ2) is 12.6. The predicted octanol–water partition coefficient (Wildman–Crippen LogP) is 4.98. The monoisotopic (exact) mass is 415 g/mol. The molecule has 2 N–H and O–H groups in total. The molecule has 0 fully saturated rings. The number of hydrazone groups is 1. The number of hydrogen-bond donors (Lipinski definition) is 2. The smallest absolute Gasteiger partial charge is 0.191 e. The van der Waals surface area contributed by atoms with Gasteiger partial charge in [-0.15, -0.1) is 0 Å². The van der Waals surface area contributed by atoms with E-state index in [4.69, 9.17) is 26.4 Å². The van der Waals surface area contributed by atoms with Crippen LogP contribution in [0.3, 0.4) is 0 Å². The maximum absolute atomic E-state index is 5.74. The Morgan fingerprint density at radius 3 is 2.45 bits per heavy atom. The fraction of sp³-hybridized carbons (Fsp3) is 0.364. The SMILES string of the molecule is CCCCCCOc1ccc(/C=N\NC(=S)Nc2ccc(OC)c(OC)c2)cc1. The van der Waals surface area contributed by atoms with Crippen molar-refractivity contribution >= 4 is 29.2 Å². The van der Waals surface area contributed by atoms with E-state index >= 15 is 0 Å². The van der Waals surface area contributed by atoms with Gasteiger partial charge in [-0.1, -0.05) is 26.2 Å². The van der Waals surface area contributed by atoms with E-state index in [0.29, 0.717) is 16.6 Å². The second-order valence-electron chi connectivity index (χ2n) is 6.37. The van der Waals surface area contributed by atoms with Gasteiger partial charge >= 0.3 is 0 Å². The van der Waals surface area contributed by atoms with Crippen molar-refractivity contribution in [3.63, 3.8) is 0 Å². The first-order valence-corrected chi connectivity index (χ1v) is 10.1. The number of ether oxygens (including phenoxy) is 3. The fourth-order valence-corrected chi connectivity index (χ4v) is 2.78. The summed E-state index contributed by atoms with van der Waals surface area (Å²) in [6, 6.07) is 13.3. The van der Waals surface area contributed by atoms with Gasteiger partial charge in [0.25, 0.3) is 0 Å². The first kappa shape index (κ1) is 22.5. The Labute approximate surface area is 178 Å². The summed E-state index contributed by atoms with van der Waals surface area (Å²) in [5.41, 5.74) is 4.52. The van der Waals surface area contributed by atoms with Crippen molar-refractivity contribution in [1.82, 2.24) is 5.43 Å². The number of unbranched alkanes of at least 4 members (excludes halogenated alkanes) is 3. The average molecular weight is 416 g/mol. The molecule has 0 aliphatic rings. The van der Waals surface area contributed by atoms with Crippen molar-refractivity contribution < 1.29 is 14.2 Å². The maximum atomic E-state index is 5.74. The molecule has 0 amide bonds. The van der Waals surface area contributed by atoms with Crippen LogP contribution in [0.1, 0.15) is 38.2 Å². The van der Waals surface area contributed by atoms with E-state index in [9.17, 15) is 0 Å². The first-order chi connectivity index (χ1) is 14.2. The normalized spacial score (nSPS) is 10.6. The van der Waals surface area contributed by atoms with Gasteiger partial charge in [-0.3, -0.25) is 5.43 Å². The Bertz CT molecular complexity index is 794. The van der Waals surface area contributed by atoms with E-state index in [1.165, 1.54) is 19.3 Å². The molecular formula is C22H29N3O3S. The van der Waals surface area contributed by atoms with Gasteiger partial charge in [0.15, 0.2) is 16.6 Å². The van der Waals surface area contributed by atoms with Crippen molar-refractivity contribution in [2.75, 3.05) is 26.1 Å². The van der Waals surface area contributed by atoms with Crippen LogP contribution in [-0.2, 0) is 0 Å². The molecule has 29 heavy (non-hydrogen) atoms. The van der Waals surface area contributed by atoms with Crippen molar-refractivity contribution in [2.24, 2.45) is 5.10 Å². The Hall–Kier alpha value is -2.80. The van der Waals surface area contributed by atoms with Crippen LogP contribution in [0.5, 0.6) is 17.2 Å². The summed E-state index contributed by atoms with van der Waals surface area (Å²) >= 11 is 5.26. The summed E-state index contributed by atoms with van der Waals surface area (Å²) in [5.74, 6) is 2.15. The molecule has 2 aromatic rings. The lowest BCUT2D eigenvalue weighted by molar-refractivity contribution is 0.305. The number of methoxy groups -OCH3 is 2. The third-order valence-electron chi connectivity index (χ3n) is 4.17. The van der Waals surface area contributed by atoms with Crippen LogP contribution >= 0.6 is 12.2 Å². The zero-order valence-electron chi connectivity index (χ0n) is 17.2. The van der Waals surface area contributed by atoms with Crippen molar-refractivity contribution in [3.05, 3.63) is 48.0 Å². The molecule has 0 unspecified atom stereocenters. The van der Waals surface area contributed by atoms with Crippen LogP contribution in [0.15, 0.2) is 47.6 Å². The number of benzene rings is 2. The van der Waals surface area contributed by atoms with Gasteiger partial charge in [-0.2, -0.15) is 5.10 Å². The lowest BCUT2D eigenvalue weighted by Gasteiger charge is -2.11. The number of anilines is 1. The van der Waals surface area contributed by atoms with Crippen LogP contribution in [0, 0.1) is 0 Å². The highest BCUT2D eigenvalue weighted by atomic mass is 32.1. The van der Waals surface area contributed by atoms with Crippen molar-refractivity contribution in [1.29, 1.82) is 0 Å². The average Bonchev–Trinajstić information content (AvgIpc) is 2.74. The molecule has 0 aliphatic carbocycles. The maximum Gasteiger partial charge on any atom is 0.191 e. The Morgan fingerprint density at radius 2 is 1.76 bits per heavy atom. The molecule has 2 rings (SSSR count). The summed E-state index contributed by atoms with van der Waals surface area (Å²) < 4.78 is 16.2. The summed E-state index contributed by atoms with van der Waals surface area (Å²) in [5, 5.41) is 7.59. The van der Waals surface area contributed by atoms with Crippen LogP contribution in [0.2, 0.25) is 0 Å². The summed E-state index contributed by atoms with van der Waals surface area (Å²) in [7, 11) is 3.18. The van der Waals surface area contributed by atoms with Gasteiger partial charge in [0.1, 0.15) is 5.75 Å². The highest BCUT2D eigenvalue weighted by Gasteiger charge is 2.05. The van der Waals surface area contributed by atoms with Crippen LogP contribution in [0.25, 0.3) is 0 Å². The standard InChI is InChI=1S/C22H29N3O3S/c1-4-5-6-7-14-28-19-11-8-17(9-12-19)16-23-25-22(29)24-18-10-13-20(26-2)21(15-18)27-3/h8-13,15-16H,4-7,14H2,1-3H3,(H2,24,25,29)/b23-16-. The largest absolute Gasteiger partial charge is 0.494 e. The molecule has 0 aromatic heterocycles. The molecule has 156 valence electrons. The Kier molecular flexibility index (Phi) is 9.78. The van der Waals surface area contributed by atoms with Gasteiger partial charge in [0.05, 0.1) is 27.0 Å². The molecule has 0 heterocycles. The molecule has 2 aromatic carbocycles. The third-order valence-corrected chi connectivity index (χ3v) is 4.36. The lowest BCUT2D eigenvalue weighted by Crippen LogP contribution is -2.23. The number of nitrogens with zero attached hydrogens (tertiary/aromatic N) is 1. The number of nitrogens with one attached hydrogen (secondary N) is 2. The van der Waals surface area contributed by atoms with Crippen LogP contribution < -0.4 is 25.0 Å². The molecule has 6 nitrogen and oxygen atoms in total. The second-order valence-corrected chi connectivity index (χ2v) is 6.78. The van der Waals surface area contributed by atoms with Gasteiger partial charge < -0.3 is 19.5 Å². The lowest BCUT2D eigenvalue weighted by atomic mass is 10.2. The van der Waals surface area contributed by atoms with E-state index in [-0.39, 0.29) is 0 Å². The zero-order chi connectivity index (χ0) is 20.9. The molecule has 0 atom stereocenters. The van der Waals surface area contributed by atoms with E-state index in [1.54, 1.807) is 32.6 Å². The van der Waals surface area contributed by atoms with Crippen molar-refractivity contribution in [2.45, 2.75) is 32.6 Å². The van der Waals surface area contributed by atoms with E-state index in [0.717, 1.165) is 30.0 Å². The molecule has 0 saturated carbocycles. The van der Waals surface area contributed by atoms with Crippen molar-refractivity contribution in [3.8, 4) is 17.2 Å². The highest BCUT2D eigenvalue weighted by molar-refractivity contribution is 7.80. The number of thiocarbonyl (C=S) groups is 1. The zero-order valence-corrected chi connectivity index (χ0v) is 18.1. The van der Waals surface area contributed by atoms with Crippen LogP contribution in [-0.4, -0.2) is 32.2 Å². The molecule has 7 heteroatoms.